The van der Waals surface area contributed by atoms with Crippen molar-refractivity contribution < 1.29 is 19.4 Å². The molecule has 33 heavy (non-hydrogen) atoms. The number of aromatic nitrogens is 1. The molecule has 7 nitrogen and oxygen atoms in total. The molecular formula is C26H37N3O4. The zero-order valence-electron chi connectivity index (χ0n) is 20.4. The first kappa shape index (κ1) is 23.6. The molecule has 1 saturated heterocycles. The molecule has 3 unspecified atom stereocenters. The number of amides is 1. The molecule has 1 aliphatic heterocycles. The highest BCUT2D eigenvalue weighted by molar-refractivity contribution is 5.97. The van der Waals surface area contributed by atoms with E-state index in [4.69, 9.17) is 4.74 Å². The number of nitrogens with zero attached hydrogens (tertiary/aromatic N) is 1. The second-order valence-corrected chi connectivity index (χ2v) is 10.7. The van der Waals surface area contributed by atoms with E-state index in [2.05, 4.69) is 48.1 Å². The molecule has 3 N–H and O–H groups in total. The maximum absolute atomic E-state index is 12.1. The van der Waals surface area contributed by atoms with Crippen molar-refractivity contribution in [2.45, 2.75) is 57.9 Å². The minimum atomic E-state index is -0.931. The van der Waals surface area contributed by atoms with E-state index in [0.717, 1.165) is 35.9 Å². The van der Waals surface area contributed by atoms with Crippen molar-refractivity contribution in [1.29, 1.82) is 0 Å². The molecule has 0 radical (unpaired) electrons. The van der Waals surface area contributed by atoms with E-state index in [1.54, 1.807) is 0 Å². The lowest BCUT2D eigenvalue weighted by molar-refractivity contribution is 0.0678. The Hall–Kier alpha value is -2.54. The van der Waals surface area contributed by atoms with Crippen LogP contribution in [0.4, 0.5) is 4.79 Å². The van der Waals surface area contributed by atoms with Gasteiger partial charge in [-0.15, -0.1) is 0 Å². The second kappa shape index (κ2) is 9.01. The normalized spacial score (nSPS) is 27.8. The number of carbonyl (C=O) groups excluding carboxylic acids is 1. The van der Waals surface area contributed by atoms with Gasteiger partial charge >= 0.3 is 12.1 Å². The molecule has 4 atom stereocenters. The summed E-state index contributed by atoms with van der Waals surface area (Å²) in [5.74, 6) is 0.433. The van der Waals surface area contributed by atoms with Crippen LogP contribution in [0, 0.1) is 17.8 Å². The van der Waals surface area contributed by atoms with Crippen LogP contribution in [-0.4, -0.2) is 60.3 Å². The molecule has 2 aliphatic rings. The molecule has 0 spiro atoms. The van der Waals surface area contributed by atoms with Crippen LogP contribution < -0.4 is 5.32 Å². The van der Waals surface area contributed by atoms with Crippen molar-refractivity contribution in [3.05, 3.63) is 35.0 Å². The third-order valence-corrected chi connectivity index (χ3v) is 7.88. The summed E-state index contributed by atoms with van der Waals surface area (Å²) in [6, 6.07) is 6.26. The maximum Gasteiger partial charge on any atom is 0.407 e. The Morgan fingerprint density at radius 1 is 1.30 bits per heavy atom. The number of carboxylic acid groups (broad SMARTS) is 1. The average Bonchev–Trinajstić information content (AvgIpc) is 3.35. The first-order valence-corrected chi connectivity index (χ1v) is 12.1. The van der Waals surface area contributed by atoms with Crippen molar-refractivity contribution >= 4 is 23.0 Å². The number of nitrogens with one attached hydrogen (secondary N) is 2. The molecule has 1 saturated carbocycles. The highest BCUT2D eigenvalue weighted by atomic mass is 16.6. The largest absolute Gasteiger partial charge is 0.477 e. The number of fused-ring (bicyclic) bond motifs is 1. The molecule has 1 aromatic heterocycles. The number of aromatic amines is 1. The Morgan fingerprint density at radius 3 is 2.67 bits per heavy atom. The summed E-state index contributed by atoms with van der Waals surface area (Å²) in [5, 5.41) is 13.9. The summed E-state index contributed by atoms with van der Waals surface area (Å²) >= 11 is 0. The minimum absolute atomic E-state index is 0.0966. The number of carboxylic acids is 1. The van der Waals surface area contributed by atoms with E-state index in [1.165, 1.54) is 12.0 Å². The van der Waals surface area contributed by atoms with Gasteiger partial charge in [-0.25, -0.2) is 9.59 Å². The topological polar surface area (TPSA) is 94.7 Å². The van der Waals surface area contributed by atoms with E-state index in [1.807, 2.05) is 20.2 Å². The standard InChI is InChI=1S/C26H37N3O4/c1-15(2)20-8-6-16(3)13-26(20,22-14-33-25(32)28-22)17-7-9-21-19(12-17)18(10-11-29(4)5)23(27-21)24(30)31/h7,9,12,15-16,20,22,27H,6,8,10-11,13-14H2,1-5H3,(H,28,32)(H,30,31)/t16?,20?,22-,26?/m1/s1. The molecule has 1 amide bonds. The van der Waals surface area contributed by atoms with Crippen LogP contribution in [-0.2, 0) is 16.6 Å². The lowest BCUT2D eigenvalue weighted by atomic mass is 9.54. The van der Waals surface area contributed by atoms with Crippen LogP contribution in [0.2, 0.25) is 0 Å². The second-order valence-electron chi connectivity index (χ2n) is 10.7. The summed E-state index contributed by atoms with van der Waals surface area (Å²) in [4.78, 5) is 29.3. The summed E-state index contributed by atoms with van der Waals surface area (Å²) in [7, 11) is 3.99. The fourth-order valence-electron chi connectivity index (χ4n) is 6.39. The number of H-pyrrole nitrogens is 1. The first-order valence-electron chi connectivity index (χ1n) is 12.1. The predicted molar refractivity (Wildman–Crippen MR) is 129 cm³/mol. The van der Waals surface area contributed by atoms with Crippen molar-refractivity contribution in [3.63, 3.8) is 0 Å². The van der Waals surface area contributed by atoms with Crippen molar-refractivity contribution in [3.8, 4) is 0 Å². The monoisotopic (exact) mass is 455 g/mol. The van der Waals surface area contributed by atoms with Crippen molar-refractivity contribution in [2.75, 3.05) is 27.2 Å². The van der Waals surface area contributed by atoms with Gasteiger partial charge in [-0.05, 0) is 74.4 Å². The summed E-state index contributed by atoms with van der Waals surface area (Å²) in [6.45, 7) is 7.97. The van der Waals surface area contributed by atoms with Crippen molar-refractivity contribution in [1.82, 2.24) is 15.2 Å². The van der Waals surface area contributed by atoms with Gasteiger partial charge in [0.2, 0.25) is 0 Å². The Kier molecular flexibility index (Phi) is 6.45. The number of ether oxygens (including phenoxy) is 1. The highest BCUT2D eigenvalue weighted by Crippen LogP contribution is 2.52. The molecule has 2 fully saturated rings. The van der Waals surface area contributed by atoms with Gasteiger partial charge in [-0.1, -0.05) is 33.3 Å². The third-order valence-electron chi connectivity index (χ3n) is 7.88. The van der Waals surface area contributed by atoms with Crippen LogP contribution in [0.25, 0.3) is 10.9 Å². The van der Waals surface area contributed by atoms with Gasteiger partial charge in [0.15, 0.2) is 0 Å². The Bertz CT molecular complexity index is 1040. The van der Waals surface area contributed by atoms with Gasteiger partial charge in [0.1, 0.15) is 12.3 Å². The van der Waals surface area contributed by atoms with Gasteiger partial charge in [0.05, 0.1) is 6.04 Å². The van der Waals surface area contributed by atoms with Gasteiger partial charge < -0.3 is 25.0 Å². The summed E-state index contributed by atoms with van der Waals surface area (Å²) in [6.07, 6.45) is 3.56. The number of likely N-dealkylation sites (N-methyl/N-ethyl adjacent to an activating group) is 1. The van der Waals surface area contributed by atoms with Gasteiger partial charge in [-0.3, -0.25) is 0 Å². The quantitative estimate of drug-likeness (QED) is 0.575. The molecule has 1 aromatic carbocycles. The lowest BCUT2D eigenvalue weighted by Crippen LogP contribution is -2.56. The Balaban J connectivity index is 1.90. The van der Waals surface area contributed by atoms with Crippen LogP contribution in [0.5, 0.6) is 0 Å². The first-order chi connectivity index (χ1) is 15.6. The maximum atomic E-state index is 12.1. The fourth-order valence-corrected chi connectivity index (χ4v) is 6.39. The minimum Gasteiger partial charge on any atom is -0.477 e. The highest BCUT2D eigenvalue weighted by Gasteiger charge is 2.53. The van der Waals surface area contributed by atoms with E-state index in [0.29, 0.717) is 30.8 Å². The molecule has 4 rings (SSSR count). The summed E-state index contributed by atoms with van der Waals surface area (Å²) < 4.78 is 5.40. The van der Waals surface area contributed by atoms with Crippen LogP contribution in [0.3, 0.4) is 0 Å². The number of hydrogen-bond donors (Lipinski definition) is 3. The van der Waals surface area contributed by atoms with E-state index in [-0.39, 0.29) is 23.2 Å². The number of rotatable bonds is 7. The Morgan fingerprint density at radius 2 is 2.06 bits per heavy atom. The predicted octanol–water partition coefficient (Wildman–Crippen LogP) is 4.41. The van der Waals surface area contributed by atoms with Crippen molar-refractivity contribution in [2.24, 2.45) is 17.8 Å². The molecule has 7 heteroatoms. The van der Waals surface area contributed by atoms with Crippen LogP contribution >= 0.6 is 0 Å². The third kappa shape index (κ3) is 4.23. The average molecular weight is 456 g/mol. The van der Waals surface area contributed by atoms with E-state index in [9.17, 15) is 14.7 Å². The number of cyclic esters (lactones) is 1. The van der Waals surface area contributed by atoms with Gasteiger partial charge in [-0.2, -0.15) is 0 Å². The fraction of sp³-hybridized carbons (Fsp3) is 0.615. The molecular weight excluding hydrogens is 418 g/mol. The number of carbonyl (C=O) groups is 2. The number of aromatic carboxylic acids is 1. The zero-order valence-corrected chi connectivity index (χ0v) is 20.4. The van der Waals surface area contributed by atoms with Crippen LogP contribution in [0.15, 0.2) is 18.2 Å². The van der Waals surface area contributed by atoms with Crippen LogP contribution in [0.1, 0.15) is 61.6 Å². The van der Waals surface area contributed by atoms with E-state index < -0.39 is 5.97 Å². The van der Waals surface area contributed by atoms with E-state index >= 15 is 0 Å². The molecule has 0 bridgehead atoms. The number of benzene rings is 1. The van der Waals surface area contributed by atoms with Gasteiger partial charge in [0.25, 0.3) is 0 Å². The number of hydrogen-bond acceptors (Lipinski definition) is 4. The lowest BCUT2D eigenvalue weighted by Gasteiger charge is -2.51. The number of alkyl carbamates (subject to hydrolysis) is 1. The SMILES string of the molecule is CC1CCC(C(C)C)C(c2ccc3[nH]c(C(=O)O)c(CCN(C)C)c3c2)([C@H]2COC(=O)N2)C1. The molecule has 2 aromatic rings. The molecule has 1 aliphatic carbocycles. The van der Waals surface area contributed by atoms with Gasteiger partial charge in [0, 0.05) is 22.9 Å². The molecule has 2 heterocycles. The summed E-state index contributed by atoms with van der Waals surface area (Å²) in [5.41, 5.74) is 2.88. The Labute approximate surface area is 195 Å². The smallest absolute Gasteiger partial charge is 0.407 e. The zero-order chi connectivity index (χ0) is 23.9. The molecule has 180 valence electrons.